The van der Waals surface area contributed by atoms with E-state index in [1.807, 2.05) is 16.8 Å². The van der Waals surface area contributed by atoms with Crippen molar-refractivity contribution in [3.05, 3.63) is 35.8 Å². The van der Waals surface area contributed by atoms with Crippen LogP contribution < -0.4 is 10.9 Å². The fourth-order valence-corrected chi connectivity index (χ4v) is 1.48. The van der Waals surface area contributed by atoms with Gasteiger partial charge in [0.2, 0.25) is 0 Å². The number of hydrogen-bond acceptors (Lipinski definition) is 3. The van der Waals surface area contributed by atoms with Gasteiger partial charge >= 0.3 is 0 Å². The highest BCUT2D eigenvalue weighted by Gasteiger charge is 2.09. The zero-order valence-electron chi connectivity index (χ0n) is 9.61. The fourth-order valence-electron chi connectivity index (χ4n) is 1.48. The Morgan fingerprint density at radius 2 is 2.22 bits per heavy atom. The van der Waals surface area contributed by atoms with Crippen LogP contribution in [0.1, 0.15) is 16.1 Å². The van der Waals surface area contributed by atoms with E-state index in [1.54, 1.807) is 24.5 Å². The molecule has 18 heavy (non-hydrogen) atoms. The molecule has 7 heteroatoms. The van der Waals surface area contributed by atoms with Crippen LogP contribution in [0.2, 0.25) is 0 Å². The van der Waals surface area contributed by atoms with E-state index >= 15 is 0 Å². The topological polar surface area (TPSA) is 75.5 Å². The van der Waals surface area contributed by atoms with Gasteiger partial charge in [-0.05, 0) is 19.1 Å². The molecule has 2 amide bonds. The predicted octanol–water partition coefficient (Wildman–Crippen LogP) is 0.373. The molecule has 0 aromatic carbocycles. The molecule has 0 radical (unpaired) electrons. The molecule has 0 atom stereocenters. The van der Waals surface area contributed by atoms with Gasteiger partial charge in [-0.15, -0.1) is 0 Å². The van der Waals surface area contributed by atoms with Crippen molar-refractivity contribution in [2.24, 2.45) is 0 Å². The standard InChI is InChI=1S/C11H11FN4O2/c1-7-6-13-9-4-8(2-3-16(7)9)11(18)15-14-10(17)5-12/h2-4,6H,5H2,1H3,(H,14,17)(H,15,18). The second-order valence-electron chi connectivity index (χ2n) is 3.68. The number of carbonyl (C=O) groups excluding carboxylic acids is 2. The molecular weight excluding hydrogens is 239 g/mol. The second-order valence-corrected chi connectivity index (χ2v) is 3.68. The number of imidazole rings is 1. The highest BCUT2D eigenvalue weighted by Crippen LogP contribution is 2.08. The van der Waals surface area contributed by atoms with Gasteiger partial charge in [0.25, 0.3) is 11.8 Å². The summed E-state index contributed by atoms with van der Waals surface area (Å²) in [5, 5.41) is 0. The van der Waals surface area contributed by atoms with Gasteiger partial charge in [0, 0.05) is 23.7 Å². The highest BCUT2D eigenvalue weighted by atomic mass is 19.1. The molecule has 0 spiro atoms. The Bertz CT molecular complexity index is 608. The van der Waals surface area contributed by atoms with Crippen LogP contribution in [0.5, 0.6) is 0 Å². The normalized spacial score (nSPS) is 10.3. The largest absolute Gasteiger partial charge is 0.304 e. The maximum atomic E-state index is 11.9. The van der Waals surface area contributed by atoms with E-state index in [9.17, 15) is 14.0 Å². The van der Waals surface area contributed by atoms with E-state index in [1.165, 1.54) is 0 Å². The lowest BCUT2D eigenvalue weighted by atomic mass is 10.2. The van der Waals surface area contributed by atoms with Crippen LogP contribution in [0.25, 0.3) is 5.65 Å². The van der Waals surface area contributed by atoms with Crippen LogP contribution >= 0.6 is 0 Å². The van der Waals surface area contributed by atoms with Crippen LogP contribution in [-0.4, -0.2) is 27.9 Å². The molecular formula is C11H11FN4O2. The lowest BCUT2D eigenvalue weighted by molar-refractivity contribution is -0.122. The number of fused-ring (bicyclic) bond motifs is 1. The van der Waals surface area contributed by atoms with Crippen LogP contribution in [0.3, 0.4) is 0 Å². The number of amides is 2. The van der Waals surface area contributed by atoms with Gasteiger partial charge in [-0.3, -0.25) is 20.4 Å². The number of halogens is 1. The Morgan fingerprint density at radius 3 is 2.94 bits per heavy atom. The number of pyridine rings is 1. The summed E-state index contributed by atoms with van der Waals surface area (Å²) in [6.07, 6.45) is 3.38. The SMILES string of the molecule is Cc1cnc2cc(C(=O)NNC(=O)CF)ccn12. The van der Waals surface area contributed by atoms with E-state index < -0.39 is 18.5 Å². The molecule has 0 fully saturated rings. The lowest BCUT2D eigenvalue weighted by Crippen LogP contribution is -2.42. The number of hydrazine groups is 1. The minimum absolute atomic E-state index is 0.326. The lowest BCUT2D eigenvalue weighted by Gasteiger charge is -2.05. The Morgan fingerprint density at radius 1 is 1.44 bits per heavy atom. The number of hydrogen-bond donors (Lipinski definition) is 2. The molecule has 2 heterocycles. The average Bonchev–Trinajstić information content (AvgIpc) is 2.76. The molecule has 0 unspecified atom stereocenters. The van der Waals surface area contributed by atoms with Gasteiger partial charge in [-0.1, -0.05) is 0 Å². The second kappa shape index (κ2) is 4.82. The van der Waals surface area contributed by atoms with Crippen LogP contribution in [0.15, 0.2) is 24.5 Å². The van der Waals surface area contributed by atoms with Gasteiger partial charge in [0.05, 0.1) is 0 Å². The molecule has 6 nitrogen and oxygen atoms in total. The van der Waals surface area contributed by atoms with Crippen molar-refractivity contribution < 1.29 is 14.0 Å². The third kappa shape index (κ3) is 2.29. The van der Waals surface area contributed by atoms with E-state index in [-0.39, 0.29) is 0 Å². The Hall–Kier alpha value is -2.44. The average molecular weight is 250 g/mol. The summed E-state index contributed by atoms with van der Waals surface area (Å²) in [6.45, 7) is 0.708. The van der Waals surface area contributed by atoms with Gasteiger partial charge in [-0.2, -0.15) is 0 Å². The number of nitrogens with zero attached hydrogens (tertiary/aromatic N) is 2. The highest BCUT2D eigenvalue weighted by molar-refractivity contribution is 5.96. The van der Waals surface area contributed by atoms with Crippen molar-refractivity contribution in [3.8, 4) is 0 Å². The molecule has 0 bridgehead atoms. The number of nitrogens with one attached hydrogen (secondary N) is 2. The zero-order chi connectivity index (χ0) is 13.1. The maximum Gasteiger partial charge on any atom is 0.269 e. The van der Waals surface area contributed by atoms with Crippen LogP contribution in [0, 0.1) is 6.92 Å². The minimum atomic E-state index is -1.18. The Kier molecular flexibility index (Phi) is 3.22. The van der Waals surface area contributed by atoms with Crippen LogP contribution in [-0.2, 0) is 4.79 Å². The smallest absolute Gasteiger partial charge is 0.269 e. The van der Waals surface area contributed by atoms with Crippen molar-refractivity contribution in [2.45, 2.75) is 6.92 Å². The number of rotatable bonds is 2. The first-order chi connectivity index (χ1) is 8.61. The van der Waals surface area contributed by atoms with Gasteiger partial charge in [0.1, 0.15) is 5.65 Å². The zero-order valence-corrected chi connectivity index (χ0v) is 9.61. The van der Waals surface area contributed by atoms with E-state index in [4.69, 9.17) is 0 Å². The Labute approximate surface area is 102 Å². The quantitative estimate of drug-likeness (QED) is 0.756. The predicted molar refractivity (Wildman–Crippen MR) is 61.5 cm³/mol. The third-order valence-corrected chi connectivity index (χ3v) is 2.40. The molecule has 94 valence electrons. The summed E-state index contributed by atoms with van der Waals surface area (Å²) >= 11 is 0. The monoisotopic (exact) mass is 250 g/mol. The van der Waals surface area contributed by atoms with E-state index in [0.29, 0.717) is 11.2 Å². The molecule has 2 aromatic rings. The van der Waals surface area contributed by atoms with E-state index in [0.717, 1.165) is 5.69 Å². The molecule has 0 saturated heterocycles. The summed E-state index contributed by atoms with van der Waals surface area (Å²) in [5.74, 6) is -1.43. The fraction of sp³-hybridized carbons (Fsp3) is 0.182. The Balaban J connectivity index is 2.15. The number of alkyl halides is 1. The summed E-state index contributed by atoms with van der Waals surface area (Å²) < 4.78 is 13.7. The maximum absolute atomic E-state index is 11.9. The van der Waals surface area contributed by atoms with Gasteiger partial charge in [-0.25, -0.2) is 9.37 Å². The molecule has 0 aliphatic heterocycles. The molecule has 2 aromatic heterocycles. The summed E-state index contributed by atoms with van der Waals surface area (Å²) in [4.78, 5) is 26.4. The summed E-state index contributed by atoms with van der Waals surface area (Å²) in [6, 6.07) is 3.16. The van der Waals surface area contributed by atoms with Gasteiger partial charge in [0.15, 0.2) is 6.67 Å². The summed E-state index contributed by atoms with van der Waals surface area (Å²) in [5.41, 5.74) is 5.94. The van der Waals surface area contributed by atoms with Crippen LogP contribution in [0.4, 0.5) is 4.39 Å². The van der Waals surface area contributed by atoms with Crippen molar-refractivity contribution in [1.29, 1.82) is 0 Å². The number of aryl methyl sites for hydroxylation is 1. The molecule has 0 aliphatic carbocycles. The first-order valence-electron chi connectivity index (χ1n) is 5.20. The third-order valence-electron chi connectivity index (χ3n) is 2.40. The first kappa shape index (κ1) is 12.0. The number of aromatic nitrogens is 2. The molecule has 2 rings (SSSR count). The number of carbonyl (C=O) groups is 2. The van der Waals surface area contributed by atoms with Crippen molar-refractivity contribution in [1.82, 2.24) is 20.2 Å². The molecule has 0 aliphatic rings. The van der Waals surface area contributed by atoms with Crippen molar-refractivity contribution >= 4 is 17.5 Å². The van der Waals surface area contributed by atoms with Crippen molar-refractivity contribution in [3.63, 3.8) is 0 Å². The molecule has 2 N–H and O–H groups in total. The van der Waals surface area contributed by atoms with E-state index in [2.05, 4.69) is 10.4 Å². The summed E-state index contributed by atoms with van der Waals surface area (Å²) in [7, 11) is 0. The molecule has 0 saturated carbocycles. The van der Waals surface area contributed by atoms with Gasteiger partial charge < -0.3 is 4.40 Å². The first-order valence-corrected chi connectivity index (χ1v) is 5.20. The minimum Gasteiger partial charge on any atom is -0.304 e. The van der Waals surface area contributed by atoms with Crippen molar-refractivity contribution in [2.75, 3.05) is 6.67 Å².